The Bertz CT molecular complexity index is 608. The predicted molar refractivity (Wildman–Crippen MR) is 79.0 cm³/mol. The Labute approximate surface area is 112 Å². The number of hydrogen-bond acceptors (Lipinski definition) is 3. The summed E-state index contributed by atoms with van der Waals surface area (Å²) >= 11 is 0. The van der Waals surface area contributed by atoms with Crippen molar-refractivity contribution in [1.29, 1.82) is 0 Å². The Hall–Kier alpha value is -2.49. The van der Waals surface area contributed by atoms with Gasteiger partial charge in [0.15, 0.2) is 0 Å². The van der Waals surface area contributed by atoms with Gasteiger partial charge >= 0.3 is 0 Å². The number of anilines is 3. The Kier molecular flexibility index (Phi) is 3.71. The van der Waals surface area contributed by atoms with Gasteiger partial charge in [0.25, 0.3) is 5.91 Å². The summed E-state index contributed by atoms with van der Waals surface area (Å²) < 4.78 is 0. The van der Waals surface area contributed by atoms with Crippen molar-refractivity contribution in [3.63, 3.8) is 0 Å². The molecule has 2 aromatic rings. The second-order valence-electron chi connectivity index (χ2n) is 4.31. The molecule has 0 aliphatic heterocycles. The maximum absolute atomic E-state index is 12.1. The first-order valence-electron chi connectivity index (χ1n) is 6.16. The molecule has 4 heteroatoms. The molecule has 19 heavy (non-hydrogen) atoms. The van der Waals surface area contributed by atoms with E-state index in [1.165, 1.54) is 0 Å². The van der Waals surface area contributed by atoms with Gasteiger partial charge in [-0.25, -0.2) is 0 Å². The molecule has 1 amide bonds. The number of carbonyl (C=O) groups is 1. The molecular weight excluding hydrogens is 238 g/mol. The summed E-state index contributed by atoms with van der Waals surface area (Å²) in [6.07, 6.45) is 0.861. The van der Waals surface area contributed by atoms with Crippen molar-refractivity contribution in [2.24, 2.45) is 0 Å². The van der Waals surface area contributed by atoms with E-state index in [9.17, 15) is 4.79 Å². The Morgan fingerprint density at radius 3 is 2.53 bits per heavy atom. The molecule has 0 aromatic heterocycles. The zero-order valence-electron chi connectivity index (χ0n) is 10.8. The number of hydrogen-bond donors (Lipinski definition) is 3. The number of benzene rings is 2. The maximum Gasteiger partial charge on any atom is 0.255 e. The molecule has 0 aliphatic carbocycles. The number of nitrogens with one attached hydrogen (secondary N) is 1. The predicted octanol–water partition coefficient (Wildman–Crippen LogP) is 2.67. The van der Waals surface area contributed by atoms with Gasteiger partial charge < -0.3 is 16.8 Å². The molecular formula is C15H17N3O. The van der Waals surface area contributed by atoms with Gasteiger partial charge in [0.1, 0.15) is 0 Å². The van der Waals surface area contributed by atoms with Crippen LogP contribution in [0.25, 0.3) is 0 Å². The van der Waals surface area contributed by atoms with E-state index in [-0.39, 0.29) is 5.91 Å². The minimum atomic E-state index is -0.187. The lowest BCUT2D eigenvalue weighted by atomic mass is 10.1. The highest BCUT2D eigenvalue weighted by Gasteiger charge is 2.09. The first kappa shape index (κ1) is 13.0. The van der Waals surface area contributed by atoms with Gasteiger partial charge in [-0.2, -0.15) is 0 Å². The maximum atomic E-state index is 12.1. The van der Waals surface area contributed by atoms with E-state index >= 15 is 0 Å². The zero-order valence-corrected chi connectivity index (χ0v) is 10.8. The van der Waals surface area contributed by atoms with Crippen molar-refractivity contribution in [3.8, 4) is 0 Å². The second kappa shape index (κ2) is 5.44. The summed E-state index contributed by atoms with van der Waals surface area (Å²) in [5.74, 6) is -0.187. The van der Waals surface area contributed by atoms with E-state index in [4.69, 9.17) is 11.5 Å². The van der Waals surface area contributed by atoms with Crippen LogP contribution in [-0.2, 0) is 6.42 Å². The van der Waals surface area contributed by atoms with E-state index in [0.29, 0.717) is 16.9 Å². The molecule has 0 bridgehead atoms. The monoisotopic (exact) mass is 255 g/mol. The van der Waals surface area contributed by atoms with Gasteiger partial charge in [-0.3, -0.25) is 4.79 Å². The number of nitrogen functional groups attached to an aromatic ring is 2. The normalized spacial score (nSPS) is 10.2. The minimum absolute atomic E-state index is 0.187. The highest BCUT2D eigenvalue weighted by atomic mass is 16.1. The summed E-state index contributed by atoms with van der Waals surface area (Å²) in [5.41, 5.74) is 14.6. The lowest BCUT2D eigenvalue weighted by Crippen LogP contribution is -2.13. The van der Waals surface area contributed by atoms with Crippen LogP contribution in [0.15, 0.2) is 42.5 Å². The van der Waals surface area contributed by atoms with E-state index in [2.05, 4.69) is 5.32 Å². The summed E-state index contributed by atoms with van der Waals surface area (Å²) in [6.45, 7) is 2.05. The van der Waals surface area contributed by atoms with Gasteiger partial charge in [-0.05, 0) is 36.2 Å². The molecule has 0 heterocycles. The van der Waals surface area contributed by atoms with Crippen molar-refractivity contribution in [2.45, 2.75) is 13.3 Å². The average molecular weight is 255 g/mol. The second-order valence-corrected chi connectivity index (χ2v) is 4.31. The molecule has 4 nitrogen and oxygen atoms in total. The minimum Gasteiger partial charge on any atom is -0.397 e. The van der Waals surface area contributed by atoms with Crippen LogP contribution in [0.5, 0.6) is 0 Å². The van der Waals surface area contributed by atoms with Crippen LogP contribution >= 0.6 is 0 Å². The Morgan fingerprint density at radius 2 is 1.84 bits per heavy atom. The summed E-state index contributed by atoms with van der Waals surface area (Å²) in [7, 11) is 0. The first-order chi connectivity index (χ1) is 9.11. The first-order valence-corrected chi connectivity index (χ1v) is 6.16. The third-order valence-corrected chi connectivity index (χ3v) is 3.00. The lowest BCUT2D eigenvalue weighted by Gasteiger charge is -2.10. The molecule has 0 radical (unpaired) electrons. The van der Waals surface area contributed by atoms with E-state index in [1.54, 1.807) is 18.2 Å². The van der Waals surface area contributed by atoms with Crippen LogP contribution in [-0.4, -0.2) is 5.91 Å². The number of nitrogens with two attached hydrogens (primary N) is 2. The number of aryl methyl sites for hydroxylation is 1. The van der Waals surface area contributed by atoms with Crippen LogP contribution in [0.2, 0.25) is 0 Å². The van der Waals surface area contributed by atoms with Crippen molar-refractivity contribution in [2.75, 3.05) is 16.8 Å². The topological polar surface area (TPSA) is 81.1 Å². The van der Waals surface area contributed by atoms with Gasteiger partial charge in [0.2, 0.25) is 0 Å². The summed E-state index contributed by atoms with van der Waals surface area (Å²) in [6, 6.07) is 12.6. The fourth-order valence-corrected chi connectivity index (χ4v) is 1.86. The fourth-order valence-electron chi connectivity index (χ4n) is 1.86. The zero-order chi connectivity index (χ0) is 13.8. The molecule has 0 aliphatic rings. The quantitative estimate of drug-likeness (QED) is 0.737. The van der Waals surface area contributed by atoms with Gasteiger partial charge in [0.05, 0.1) is 11.4 Å². The van der Waals surface area contributed by atoms with Crippen LogP contribution < -0.4 is 16.8 Å². The molecule has 0 unspecified atom stereocenters. The largest absolute Gasteiger partial charge is 0.397 e. The van der Waals surface area contributed by atoms with E-state index in [1.807, 2.05) is 31.2 Å². The molecule has 2 rings (SSSR count). The van der Waals surface area contributed by atoms with E-state index < -0.39 is 0 Å². The molecule has 0 atom stereocenters. The Morgan fingerprint density at radius 1 is 1.11 bits per heavy atom. The molecule has 0 saturated heterocycles. The number of carbonyl (C=O) groups excluding carboxylic acids is 1. The number of rotatable bonds is 3. The third-order valence-electron chi connectivity index (χ3n) is 3.00. The lowest BCUT2D eigenvalue weighted by molar-refractivity contribution is 0.102. The highest BCUT2D eigenvalue weighted by molar-refractivity contribution is 6.05. The SMILES string of the molecule is CCc1ccccc1NC(=O)c1ccc(N)c(N)c1. The Balaban J connectivity index is 2.23. The molecule has 5 N–H and O–H groups in total. The van der Waals surface area contributed by atoms with Crippen LogP contribution in [0.3, 0.4) is 0 Å². The van der Waals surface area contributed by atoms with Crippen molar-refractivity contribution in [3.05, 3.63) is 53.6 Å². The van der Waals surface area contributed by atoms with Crippen molar-refractivity contribution < 1.29 is 4.79 Å². The molecule has 0 saturated carbocycles. The number of amides is 1. The molecule has 2 aromatic carbocycles. The van der Waals surface area contributed by atoms with Crippen LogP contribution in [0.4, 0.5) is 17.1 Å². The summed E-state index contributed by atoms with van der Waals surface area (Å²) in [5, 5.41) is 2.89. The van der Waals surface area contributed by atoms with Gasteiger partial charge in [-0.15, -0.1) is 0 Å². The molecule has 0 spiro atoms. The molecule has 0 fully saturated rings. The average Bonchev–Trinajstić information content (AvgIpc) is 2.42. The van der Waals surface area contributed by atoms with Crippen LogP contribution in [0.1, 0.15) is 22.8 Å². The van der Waals surface area contributed by atoms with Crippen molar-refractivity contribution >= 4 is 23.0 Å². The number of para-hydroxylation sites is 1. The van der Waals surface area contributed by atoms with Crippen LogP contribution in [0, 0.1) is 0 Å². The van der Waals surface area contributed by atoms with Gasteiger partial charge in [-0.1, -0.05) is 25.1 Å². The standard InChI is InChI=1S/C15H17N3O/c1-2-10-5-3-4-6-14(10)18-15(19)11-7-8-12(16)13(17)9-11/h3-9H,2,16-17H2,1H3,(H,18,19). The van der Waals surface area contributed by atoms with E-state index in [0.717, 1.165) is 17.7 Å². The fraction of sp³-hybridized carbons (Fsp3) is 0.133. The smallest absolute Gasteiger partial charge is 0.255 e. The molecule has 98 valence electrons. The van der Waals surface area contributed by atoms with Crippen molar-refractivity contribution in [1.82, 2.24) is 0 Å². The van der Waals surface area contributed by atoms with Gasteiger partial charge in [0, 0.05) is 11.3 Å². The highest BCUT2D eigenvalue weighted by Crippen LogP contribution is 2.19. The third kappa shape index (κ3) is 2.85. The summed E-state index contributed by atoms with van der Waals surface area (Å²) in [4.78, 5) is 12.1.